The Morgan fingerprint density at radius 1 is 1.23 bits per heavy atom. The number of carbonyl (C=O) groups is 1. The van der Waals surface area contributed by atoms with E-state index >= 15 is 0 Å². The predicted octanol–water partition coefficient (Wildman–Crippen LogP) is 4.24. The van der Waals surface area contributed by atoms with Crippen molar-refractivity contribution in [1.29, 1.82) is 0 Å². The number of amides is 1. The number of sulfone groups is 1. The minimum Gasteiger partial charge on any atom is -0.309 e. The number of halogens is 3. The van der Waals surface area contributed by atoms with Crippen molar-refractivity contribution < 1.29 is 26.4 Å². The number of hydrogen-bond acceptors (Lipinski definition) is 5. The molecule has 170 valence electrons. The number of aromatic nitrogens is 3. The summed E-state index contributed by atoms with van der Waals surface area (Å²) in [6.07, 6.45) is 3.19. The van der Waals surface area contributed by atoms with Gasteiger partial charge < -0.3 is 5.32 Å². The number of pyridine rings is 1. The molecule has 2 heterocycles. The topological polar surface area (TPSA) is 94.0 Å². The van der Waals surface area contributed by atoms with Gasteiger partial charge in [-0.05, 0) is 38.3 Å². The van der Waals surface area contributed by atoms with Gasteiger partial charge in [-0.2, -0.15) is 18.3 Å². The van der Waals surface area contributed by atoms with Gasteiger partial charge in [0.2, 0.25) is 5.91 Å². The highest BCUT2D eigenvalue weighted by Gasteiger charge is 2.32. The van der Waals surface area contributed by atoms with E-state index in [4.69, 9.17) is 0 Å². The van der Waals surface area contributed by atoms with Crippen LogP contribution in [0.15, 0.2) is 35.6 Å². The van der Waals surface area contributed by atoms with E-state index in [9.17, 15) is 26.4 Å². The van der Waals surface area contributed by atoms with Crippen LogP contribution in [0.2, 0.25) is 0 Å². The molecule has 0 radical (unpaired) electrons. The normalized spacial score (nSPS) is 16.6. The summed E-state index contributed by atoms with van der Waals surface area (Å²) in [5, 5.41) is 6.02. The monoisotopic (exact) mass is 458 g/mol. The molecule has 31 heavy (non-hydrogen) atoms. The first kappa shape index (κ1) is 23.2. The summed E-state index contributed by atoms with van der Waals surface area (Å²) in [6.45, 7) is 3.12. The maximum Gasteiger partial charge on any atom is 0.417 e. The van der Waals surface area contributed by atoms with Crippen molar-refractivity contribution in [3.05, 3.63) is 36.3 Å². The molecule has 2 aromatic rings. The number of anilines is 1. The first-order valence-corrected chi connectivity index (χ1v) is 11.7. The molecule has 3 rings (SSSR count). The zero-order valence-electron chi connectivity index (χ0n) is 17.3. The predicted molar refractivity (Wildman–Crippen MR) is 108 cm³/mol. The lowest BCUT2D eigenvalue weighted by Crippen LogP contribution is -2.28. The molecule has 1 aliphatic carbocycles. The molecule has 1 saturated carbocycles. The van der Waals surface area contributed by atoms with Gasteiger partial charge in [0, 0.05) is 12.4 Å². The number of nitrogens with zero attached hydrogens (tertiary/aromatic N) is 3. The minimum absolute atomic E-state index is 0.0170. The first-order chi connectivity index (χ1) is 14.5. The van der Waals surface area contributed by atoms with Crippen LogP contribution in [0, 0.1) is 5.92 Å². The number of carbonyl (C=O) groups excluding carboxylic acids is 1. The molecule has 0 aromatic carbocycles. The lowest BCUT2D eigenvalue weighted by Gasteiger charge is -2.20. The quantitative estimate of drug-likeness (QED) is 0.670. The molecule has 7 nitrogen and oxygen atoms in total. The van der Waals surface area contributed by atoms with Crippen LogP contribution in [-0.2, 0) is 20.8 Å². The number of nitrogens with one attached hydrogen (secondary N) is 1. The molecular weight excluding hydrogens is 433 g/mol. The molecule has 1 N–H and O–H groups in total. The van der Waals surface area contributed by atoms with Crippen LogP contribution in [0.3, 0.4) is 0 Å². The standard InChI is InChI=1S/C20H25F3N4O3S/c1-13(2)31(29,30)16-11-25-27(12-16)17(9-14-5-3-4-6-14)19(28)26-18-8-7-15(10-24-18)20(21,22)23/h7-8,10-14,17H,3-6,9H2,1-2H3,(H,24,26,28). The second-order valence-electron chi connectivity index (χ2n) is 8.07. The molecule has 1 fully saturated rings. The Bertz CT molecular complexity index is 1010. The summed E-state index contributed by atoms with van der Waals surface area (Å²) in [7, 11) is -3.55. The molecule has 2 aromatic heterocycles. The summed E-state index contributed by atoms with van der Waals surface area (Å²) in [5.41, 5.74) is -0.913. The Morgan fingerprint density at radius 2 is 1.90 bits per heavy atom. The van der Waals surface area contributed by atoms with E-state index in [-0.39, 0.29) is 16.6 Å². The van der Waals surface area contributed by atoms with Crippen molar-refractivity contribution in [2.75, 3.05) is 5.32 Å². The van der Waals surface area contributed by atoms with Crippen molar-refractivity contribution in [3.8, 4) is 0 Å². The fourth-order valence-corrected chi connectivity index (χ4v) is 4.65. The maximum atomic E-state index is 13.0. The Labute approximate surface area is 179 Å². The third-order valence-electron chi connectivity index (χ3n) is 5.52. The summed E-state index contributed by atoms with van der Waals surface area (Å²) in [4.78, 5) is 16.7. The summed E-state index contributed by atoms with van der Waals surface area (Å²) < 4.78 is 64.4. The van der Waals surface area contributed by atoms with Crippen LogP contribution >= 0.6 is 0 Å². The van der Waals surface area contributed by atoms with Crippen LogP contribution < -0.4 is 5.32 Å². The number of rotatable bonds is 7. The SMILES string of the molecule is CC(C)S(=O)(=O)c1cnn(C(CC2CCCC2)C(=O)Nc2ccc(C(F)(F)F)cn2)c1. The van der Waals surface area contributed by atoms with E-state index in [0.717, 1.165) is 37.8 Å². The fourth-order valence-electron chi connectivity index (χ4n) is 3.65. The van der Waals surface area contributed by atoms with E-state index in [1.54, 1.807) is 13.8 Å². The van der Waals surface area contributed by atoms with Gasteiger partial charge in [-0.25, -0.2) is 13.4 Å². The molecular formula is C20H25F3N4O3S. The van der Waals surface area contributed by atoms with Gasteiger partial charge in [0.25, 0.3) is 0 Å². The lowest BCUT2D eigenvalue weighted by molar-refractivity contribution is -0.137. The summed E-state index contributed by atoms with van der Waals surface area (Å²) in [5.74, 6) is -0.238. The molecule has 0 spiro atoms. The van der Waals surface area contributed by atoms with Crippen LogP contribution in [0.4, 0.5) is 19.0 Å². The Kier molecular flexibility index (Phi) is 6.73. The Morgan fingerprint density at radius 3 is 2.45 bits per heavy atom. The maximum absolute atomic E-state index is 13.0. The summed E-state index contributed by atoms with van der Waals surface area (Å²) >= 11 is 0. The average Bonchev–Trinajstić information content (AvgIpc) is 3.38. The average molecular weight is 459 g/mol. The van der Waals surface area contributed by atoms with Crippen molar-refractivity contribution in [2.24, 2.45) is 5.92 Å². The van der Waals surface area contributed by atoms with Gasteiger partial charge in [-0.15, -0.1) is 0 Å². The molecule has 11 heteroatoms. The van der Waals surface area contributed by atoms with Crippen molar-refractivity contribution in [2.45, 2.75) is 68.3 Å². The largest absolute Gasteiger partial charge is 0.417 e. The highest BCUT2D eigenvalue weighted by atomic mass is 32.2. The molecule has 1 atom stereocenters. The second-order valence-corrected chi connectivity index (χ2v) is 10.6. The van der Waals surface area contributed by atoms with Crippen LogP contribution in [0.25, 0.3) is 0 Å². The van der Waals surface area contributed by atoms with Crippen molar-refractivity contribution in [3.63, 3.8) is 0 Å². The first-order valence-electron chi connectivity index (χ1n) is 10.1. The van der Waals surface area contributed by atoms with Gasteiger partial charge in [0.05, 0.1) is 17.0 Å². The second kappa shape index (κ2) is 8.97. The molecule has 0 bridgehead atoms. The number of hydrogen-bond donors (Lipinski definition) is 1. The highest BCUT2D eigenvalue weighted by molar-refractivity contribution is 7.92. The van der Waals surface area contributed by atoms with Gasteiger partial charge >= 0.3 is 6.18 Å². The van der Waals surface area contributed by atoms with Gasteiger partial charge in [-0.3, -0.25) is 9.48 Å². The lowest BCUT2D eigenvalue weighted by atomic mass is 9.98. The van der Waals surface area contributed by atoms with E-state index in [1.807, 2.05) is 0 Å². The van der Waals surface area contributed by atoms with Crippen molar-refractivity contribution >= 4 is 21.6 Å². The van der Waals surface area contributed by atoms with Crippen LogP contribution in [0.1, 0.15) is 57.6 Å². The fraction of sp³-hybridized carbons (Fsp3) is 0.550. The van der Waals surface area contributed by atoms with Crippen LogP contribution in [-0.4, -0.2) is 34.3 Å². The van der Waals surface area contributed by atoms with Gasteiger partial charge in [-0.1, -0.05) is 25.7 Å². The molecule has 0 aliphatic heterocycles. The third-order valence-corrected chi connectivity index (χ3v) is 7.63. The smallest absolute Gasteiger partial charge is 0.309 e. The zero-order chi connectivity index (χ0) is 22.8. The van der Waals surface area contributed by atoms with Crippen LogP contribution in [0.5, 0.6) is 0 Å². The van der Waals surface area contributed by atoms with E-state index in [1.165, 1.54) is 17.1 Å². The molecule has 0 saturated heterocycles. The van der Waals surface area contributed by atoms with E-state index in [0.29, 0.717) is 12.6 Å². The molecule has 1 aliphatic rings. The molecule has 1 unspecified atom stereocenters. The Balaban J connectivity index is 1.83. The Hall–Kier alpha value is -2.43. The van der Waals surface area contributed by atoms with Gasteiger partial charge in [0.1, 0.15) is 16.8 Å². The zero-order valence-corrected chi connectivity index (χ0v) is 18.1. The number of alkyl halides is 3. The molecule has 1 amide bonds. The summed E-state index contributed by atoms with van der Waals surface area (Å²) in [6, 6.07) is 1.13. The third kappa shape index (κ3) is 5.44. The van der Waals surface area contributed by atoms with Crippen molar-refractivity contribution in [1.82, 2.24) is 14.8 Å². The van der Waals surface area contributed by atoms with E-state index in [2.05, 4.69) is 15.4 Å². The van der Waals surface area contributed by atoms with E-state index < -0.39 is 38.8 Å². The minimum atomic E-state index is -4.52. The highest BCUT2D eigenvalue weighted by Crippen LogP contribution is 2.33. The van der Waals surface area contributed by atoms with Gasteiger partial charge in [0.15, 0.2) is 9.84 Å².